The van der Waals surface area contributed by atoms with E-state index in [1.807, 2.05) is 0 Å². The zero-order valence-corrected chi connectivity index (χ0v) is 8.91. The number of thiocarbonyl (C=S) groups is 1. The van der Waals surface area contributed by atoms with Crippen molar-refractivity contribution in [2.24, 2.45) is 5.73 Å². The minimum atomic E-state index is -0.470. The van der Waals surface area contributed by atoms with Gasteiger partial charge in [-0.25, -0.2) is 0 Å². The van der Waals surface area contributed by atoms with Crippen LogP contribution in [0.4, 0.5) is 5.69 Å². The number of hydrogen-bond acceptors (Lipinski definition) is 4. The summed E-state index contributed by atoms with van der Waals surface area (Å²) in [5.74, 6) is 0.549. The van der Waals surface area contributed by atoms with Gasteiger partial charge in [0.1, 0.15) is 5.75 Å². The highest BCUT2D eigenvalue weighted by atomic mass is 32.1. The van der Waals surface area contributed by atoms with Gasteiger partial charge in [0.15, 0.2) is 0 Å². The van der Waals surface area contributed by atoms with Crippen molar-refractivity contribution in [3.63, 3.8) is 0 Å². The lowest BCUT2D eigenvalue weighted by molar-refractivity contribution is -0.384. The Morgan fingerprint density at radius 3 is 2.80 bits per heavy atom. The lowest BCUT2D eigenvalue weighted by atomic mass is 10.1. The summed E-state index contributed by atoms with van der Waals surface area (Å²) >= 11 is 4.75. The van der Waals surface area contributed by atoms with Gasteiger partial charge in [-0.15, -0.1) is 0 Å². The highest BCUT2D eigenvalue weighted by Crippen LogP contribution is 2.24. The zero-order valence-electron chi connectivity index (χ0n) is 8.10. The van der Waals surface area contributed by atoms with Gasteiger partial charge in [0.2, 0.25) is 0 Å². The molecule has 0 aliphatic carbocycles. The number of hydrogen-bond donors (Lipinski definition) is 1. The fraction of sp³-hybridized carbons (Fsp3) is 0.222. The fourth-order valence-electron chi connectivity index (χ4n) is 1.20. The molecule has 1 aromatic rings. The minimum Gasteiger partial charge on any atom is -0.496 e. The quantitative estimate of drug-likeness (QED) is 0.477. The zero-order chi connectivity index (χ0) is 11.4. The van der Waals surface area contributed by atoms with E-state index < -0.39 is 4.92 Å². The number of rotatable bonds is 4. The minimum absolute atomic E-state index is 0.00190. The maximum Gasteiger partial charge on any atom is 0.269 e. The molecule has 0 aliphatic rings. The van der Waals surface area contributed by atoms with Gasteiger partial charge in [0, 0.05) is 24.1 Å². The van der Waals surface area contributed by atoms with E-state index in [-0.39, 0.29) is 10.7 Å². The average molecular weight is 226 g/mol. The molecule has 2 N–H and O–H groups in total. The van der Waals surface area contributed by atoms with E-state index in [4.69, 9.17) is 22.7 Å². The summed E-state index contributed by atoms with van der Waals surface area (Å²) in [6, 6.07) is 4.33. The van der Waals surface area contributed by atoms with Crippen LogP contribution in [0.2, 0.25) is 0 Å². The summed E-state index contributed by atoms with van der Waals surface area (Å²) in [7, 11) is 1.49. The van der Waals surface area contributed by atoms with Crippen LogP contribution in [-0.4, -0.2) is 17.0 Å². The maximum absolute atomic E-state index is 10.5. The molecule has 0 atom stereocenters. The molecule has 1 rings (SSSR count). The smallest absolute Gasteiger partial charge is 0.269 e. The van der Waals surface area contributed by atoms with E-state index in [9.17, 15) is 10.1 Å². The van der Waals surface area contributed by atoms with Crippen molar-refractivity contribution in [3.05, 3.63) is 33.9 Å². The molecule has 0 saturated carbocycles. The van der Waals surface area contributed by atoms with E-state index in [1.165, 1.54) is 25.3 Å². The van der Waals surface area contributed by atoms with Crippen LogP contribution < -0.4 is 10.5 Å². The van der Waals surface area contributed by atoms with Crippen LogP contribution in [-0.2, 0) is 6.42 Å². The van der Waals surface area contributed by atoms with Gasteiger partial charge in [-0.1, -0.05) is 12.2 Å². The molecule has 80 valence electrons. The molecular formula is C9H10N2O3S. The summed E-state index contributed by atoms with van der Waals surface area (Å²) in [5.41, 5.74) is 6.01. The van der Waals surface area contributed by atoms with Crippen LogP contribution in [0.15, 0.2) is 18.2 Å². The number of nitro groups is 1. The molecule has 0 spiro atoms. The summed E-state index contributed by atoms with van der Waals surface area (Å²) in [6.45, 7) is 0. The molecule has 0 bridgehead atoms. The number of ether oxygens (including phenoxy) is 1. The van der Waals surface area contributed by atoms with E-state index in [1.54, 1.807) is 0 Å². The fourth-order valence-corrected chi connectivity index (χ4v) is 1.36. The molecule has 1 aromatic carbocycles. The third kappa shape index (κ3) is 2.88. The first kappa shape index (κ1) is 11.4. The van der Waals surface area contributed by atoms with Crippen molar-refractivity contribution in [2.75, 3.05) is 7.11 Å². The van der Waals surface area contributed by atoms with Gasteiger partial charge < -0.3 is 10.5 Å². The van der Waals surface area contributed by atoms with Crippen LogP contribution in [0.3, 0.4) is 0 Å². The van der Waals surface area contributed by atoms with Gasteiger partial charge >= 0.3 is 0 Å². The van der Waals surface area contributed by atoms with Crippen LogP contribution in [0.25, 0.3) is 0 Å². The van der Waals surface area contributed by atoms with Crippen molar-refractivity contribution in [2.45, 2.75) is 6.42 Å². The Balaban J connectivity index is 3.12. The standard InChI is InChI=1S/C9H10N2O3S/c1-14-8-3-2-7(11(12)13)4-6(8)5-9(10)15/h2-4H,5H2,1H3,(H2,10,15). The second kappa shape index (κ2) is 4.70. The van der Waals surface area contributed by atoms with Crippen molar-refractivity contribution >= 4 is 22.9 Å². The van der Waals surface area contributed by atoms with Gasteiger partial charge in [0.25, 0.3) is 5.69 Å². The van der Waals surface area contributed by atoms with Gasteiger partial charge in [-0.05, 0) is 6.07 Å². The molecule has 0 heterocycles. The second-order valence-electron chi connectivity index (χ2n) is 2.90. The van der Waals surface area contributed by atoms with Crippen molar-refractivity contribution in [1.29, 1.82) is 0 Å². The van der Waals surface area contributed by atoms with E-state index in [0.29, 0.717) is 17.7 Å². The van der Waals surface area contributed by atoms with E-state index in [0.717, 1.165) is 0 Å². The van der Waals surface area contributed by atoms with Gasteiger partial charge in [-0.2, -0.15) is 0 Å². The number of methoxy groups -OCH3 is 1. The molecule has 0 aliphatic heterocycles. The SMILES string of the molecule is COc1ccc([N+](=O)[O-])cc1CC(N)=S. The average Bonchev–Trinajstić information content (AvgIpc) is 2.16. The number of nitro benzene ring substituents is 1. The normalized spacial score (nSPS) is 9.67. The molecular weight excluding hydrogens is 216 g/mol. The van der Waals surface area contributed by atoms with Gasteiger partial charge in [-0.3, -0.25) is 10.1 Å². The first-order valence-corrected chi connectivity index (χ1v) is 4.55. The highest BCUT2D eigenvalue weighted by Gasteiger charge is 2.11. The molecule has 0 radical (unpaired) electrons. The van der Waals surface area contributed by atoms with E-state index in [2.05, 4.69) is 0 Å². The van der Waals surface area contributed by atoms with Crippen molar-refractivity contribution in [3.8, 4) is 5.75 Å². The Kier molecular flexibility index (Phi) is 3.56. The predicted molar refractivity (Wildman–Crippen MR) is 60.1 cm³/mol. The van der Waals surface area contributed by atoms with Crippen LogP contribution in [0.5, 0.6) is 5.75 Å². The number of non-ortho nitro benzene ring substituents is 1. The Morgan fingerprint density at radius 1 is 1.67 bits per heavy atom. The van der Waals surface area contributed by atoms with Crippen LogP contribution in [0.1, 0.15) is 5.56 Å². The molecule has 6 heteroatoms. The molecule has 5 nitrogen and oxygen atoms in total. The maximum atomic E-state index is 10.5. The molecule has 0 aromatic heterocycles. The first-order valence-electron chi connectivity index (χ1n) is 4.14. The Hall–Kier alpha value is -1.69. The highest BCUT2D eigenvalue weighted by molar-refractivity contribution is 7.80. The summed E-state index contributed by atoms with van der Waals surface area (Å²) in [5, 5.41) is 10.5. The lowest BCUT2D eigenvalue weighted by Crippen LogP contribution is -2.12. The van der Waals surface area contributed by atoms with E-state index >= 15 is 0 Å². The molecule has 0 saturated heterocycles. The third-order valence-electron chi connectivity index (χ3n) is 1.84. The summed E-state index contributed by atoms with van der Waals surface area (Å²) in [6.07, 6.45) is 0.292. The summed E-state index contributed by atoms with van der Waals surface area (Å²) < 4.78 is 5.04. The molecule has 15 heavy (non-hydrogen) atoms. The molecule has 0 fully saturated rings. The number of nitrogens with zero attached hydrogens (tertiary/aromatic N) is 1. The molecule has 0 unspecified atom stereocenters. The van der Waals surface area contributed by atoms with Crippen LogP contribution >= 0.6 is 12.2 Å². The Labute approximate surface area is 92.0 Å². The number of benzene rings is 1. The predicted octanol–water partition coefficient (Wildman–Crippen LogP) is 1.43. The third-order valence-corrected chi connectivity index (χ3v) is 1.98. The Morgan fingerprint density at radius 2 is 2.33 bits per heavy atom. The molecule has 0 amide bonds. The largest absolute Gasteiger partial charge is 0.496 e. The lowest BCUT2D eigenvalue weighted by Gasteiger charge is -2.06. The topological polar surface area (TPSA) is 78.4 Å². The van der Waals surface area contributed by atoms with Crippen molar-refractivity contribution in [1.82, 2.24) is 0 Å². The monoisotopic (exact) mass is 226 g/mol. The van der Waals surface area contributed by atoms with Crippen LogP contribution in [0, 0.1) is 10.1 Å². The number of nitrogens with two attached hydrogens (primary N) is 1. The van der Waals surface area contributed by atoms with Gasteiger partial charge in [0.05, 0.1) is 17.0 Å². The first-order chi connectivity index (χ1) is 7.04. The second-order valence-corrected chi connectivity index (χ2v) is 3.42. The summed E-state index contributed by atoms with van der Waals surface area (Å²) in [4.78, 5) is 10.3. The Bertz CT molecular complexity index is 406. The van der Waals surface area contributed by atoms with Crippen molar-refractivity contribution < 1.29 is 9.66 Å².